The second-order valence-corrected chi connectivity index (χ2v) is 6.96. The van der Waals surface area contributed by atoms with Crippen molar-refractivity contribution in [3.05, 3.63) is 18.0 Å². The molecule has 1 rings (SSSR count). The smallest absolute Gasteiger partial charge is 0.328 e. The van der Waals surface area contributed by atoms with E-state index in [2.05, 4.69) is 10.3 Å². The van der Waals surface area contributed by atoms with E-state index in [0.29, 0.717) is 12.5 Å². The van der Waals surface area contributed by atoms with Crippen molar-refractivity contribution < 1.29 is 38.1 Å². The van der Waals surface area contributed by atoms with Crippen LogP contribution in [0.4, 0.5) is 0 Å². The van der Waals surface area contributed by atoms with Crippen molar-refractivity contribution in [2.75, 3.05) is 27.1 Å². The zero-order valence-corrected chi connectivity index (χ0v) is 18.2. The lowest BCUT2D eigenvalue weighted by atomic mass is 10.2. The van der Waals surface area contributed by atoms with E-state index in [0.717, 1.165) is 0 Å². The second kappa shape index (κ2) is 12.6. The van der Waals surface area contributed by atoms with Crippen molar-refractivity contribution in [2.24, 2.45) is 5.92 Å². The minimum absolute atomic E-state index is 0.0187. The molecule has 0 aliphatic heterocycles. The number of amides is 1. The zero-order valence-electron chi connectivity index (χ0n) is 18.2. The van der Waals surface area contributed by atoms with Crippen LogP contribution in [0.5, 0.6) is 11.5 Å². The van der Waals surface area contributed by atoms with Crippen molar-refractivity contribution >= 4 is 17.8 Å². The van der Waals surface area contributed by atoms with Crippen LogP contribution in [0.1, 0.15) is 45.1 Å². The molecule has 0 aromatic carbocycles. The Morgan fingerprint density at radius 2 is 1.83 bits per heavy atom. The topological polar surface area (TPSA) is 122 Å². The van der Waals surface area contributed by atoms with Crippen LogP contribution in [-0.2, 0) is 23.8 Å². The van der Waals surface area contributed by atoms with Crippen LogP contribution in [0, 0.1) is 5.92 Å². The van der Waals surface area contributed by atoms with Gasteiger partial charge in [-0.2, -0.15) is 0 Å². The van der Waals surface area contributed by atoms with E-state index in [-0.39, 0.29) is 23.8 Å². The molecular formula is C20H30N2O8. The van der Waals surface area contributed by atoms with E-state index in [4.69, 9.17) is 23.7 Å². The van der Waals surface area contributed by atoms with Gasteiger partial charge in [-0.3, -0.25) is 9.59 Å². The van der Waals surface area contributed by atoms with Crippen molar-refractivity contribution in [2.45, 2.75) is 46.8 Å². The van der Waals surface area contributed by atoms with Crippen molar-refractivity contribution in [3.8, 4) is 11.5 Å². The first-order valence-corrected chi connectivity index (χ1v) is 9.53. The summed E-state index contributed by atoms with van der Waals surface area (Å²) in [7, 11) is 1.39. The van der Waals surface area contributed by atoms with E-state index in [1.165, 1.54) is 33.2 Å². The van der Waals surface area contributed by atoms with Crippen LogP contribution in [0.25, 0.3) is 0 Å². The number of hydrogen-bond donors (Lipinski definition) is 1. The number of methoxy groups -OCH3 is 1. The van der Waals surface area contributed by atoms with E-state index in [1.54, 1.807) is 6.92 Å². The number of hydrogen-bond acceptors (Lipinski definition) is 9. The summed E-state index contributed by atoms with van der Waals surface area (Å²) in [4.78, 5) is 39.8. The Morgan fingerprint density at radius 1 is 1.13 bits per heavy atom. The maximum absolute atomic E-state index is 12.6. The Balaban J connectivity index is 2.73. The van der Waals surface area contributed by atoms with Crippen LogP contribution in [0.2, 0.25) is 0 Å². The summed E-state index contributed by atoms with van der Waals surface area (Å²) >= 11 is 0. The number of pyridine rings is 1. The fourth-order valence-corrected chi connectivity index (χ4v) is 2.19. The van der Waals surface area contributed by atoms with Crippen LogP contribution >= 0.6 is 0 Å². The van der Waals surface area contributed by atoms with E-state index >= 15 is 0 Å². The lowest BCUT2D eigenvalue weighted by Gasteiger charge is -2.19. The normalized spacial score (nSPS) is 12.6. The molecule has 1 aromatic heterocycles. The maximum Gasteiger partial charge on any atom is 0.328 e. The highest BCUT2D eigenvalue weighted by Crippen LogP contribution is 2.29. The largest absolute Gasteiger partial charge is 0.493 e. The molecule has 0 unspecified atom stereocenters. The molecule has 2 atom stereocenters. The Hall–Kier alpha value is -2.88. The molecule has 1 N–H and O–H groups in total. The van der Waals surface area contributed by atoms with Crippen molar-refractivity contribution in [3.63, 3.8) is 0 Å². The van der Waals surface area contributed by atoms with Gasteiger partial charge in [0.1, 0.15) is 12.1 Å². The summed E-state index contributed by atoms with van der Waals surface area (Å²) in [5.74, 6) is -1.28. The molecule has 0 aliphatic carbocycles. The van der Waals surface area contributed by atoms with Gasteiger partial charge in [-0.1, -0.05) is 13.8 Å². The van der Waals surface area contributed by atoms with Gasteiger partial charge in [0.2, 0.25) is 6.79 Å². The average molecular weight is 426 g/mol. The van der Waals surface area contributed by atoms with Crippen molar-refractivity contribution in [1.29, 1.82) is 0 Å². The SMILES string of the molecule is COc1ccnc(C(=O)N[C@@H](C)C(=O)O[C@@H](C)COCC(C)C)c1OCOC(C)=O. The summed E-state index contributed by atoms with van der Waals surface area (Å²) in [6.07, 6.45) is 0.886. The highest BCUT2D eigenvalue weighted by molar-refractivity contribution is 5.98. The van der Waals surface area contributed by atoms with Crippen LogP contribution < -0.4 is 14.8 Å². The first-order valence-electron chi connectivity index (χ1n) is 9.53. The molecule has 0 bridgehead atoms. The third kappa shape index (κ3) is 8.64. The van der Waals surface area contributed by atoms with Gasteiger partial charge in [0, 0.05) is 25.8 Å². The lowest BCUT2D eigenvalue weighted by Crippen LogP contribution is -2.41. The number of esters is 2. The fourth-order valence-electron chi connectivity index (χ4n) is 2.19. The summed E-state index contributed by atoms with van der Waals surface area (Å²) < 4.78 is 26.0. The summed E-state index contributed by atoms with van der Waals surface area (Å²) in [6, 6.07) is 0.538. The first-order chi connectivity index (χ1) is 14.1. The van der Waals surface area contributed by atoms with Gasteiger partial charge in [0.25, 0.3) is 5.91 Å². The minimum Gasteiger partial charge on any atom is -0.493 e. The van der Waals surface area contributed by atoms with E-state index in [9.17, 15) is 14.4 Å². The fraction of sp³-hybridized carbons (Fsp3) is 0.600. The van der Waals surface area contributed by atoms with Gasteiger partial charge in [-0.25, -0.2) is 9.78 Å². The van der Waals surface area contributed by atoms with E-state index in [1.807, 2.05) is 13.8 Å². The number of rotatable bonds is 12. The number of carbonyl (C=O) groups is 3. The minimum atomic E-state index is -0.945. The standard InChI is InChI=1S/C20H30N2O8/c1-12(2)9-27-10-13(3)30-20(25)14(4)22-19(24)17-18(29-11-28-15(5)23)16(26-6)7-8-21-17/h7-8,12-14H,9-11H2,1-6H3,(H,22,24)/t13-,14-/m0/s1. The monoisotopic (exact) mass is 426 g/mol. The molecule has 0 aliphatic rings. The zero-order chi connectivity index (χ0) is 22.7. The molecule has 1 amide bonds. The Labute approximate surface area is 176 Å². The van der Waals surface area contributed by atoms with Gasteiger partial charge < -0.3 is 29.0 Å². The molecule has 10 nitrogen and oxygen atoms in total. The van der Waals surface area contributed by atoms with E-state index < -0.39 is 36.8 Å². The van der Waals surface area contributed by atoms with Crippen LogP contribution in [-0.4, -0.2) is 62.1 Å². The maximum atomic E-state index is 12.6. The van der Waals surface area contributed by atoms with Gasteiger partial charge in [-0.15, -0.1) is 0 Å². The third-order valence-electron chi connectivity index (χ3n) is 3.59. The predicted molar refractivity (Wildman–Crippen MR) is 106 cm³/mol. The molecule has 30 heavy (non-hydrogen) atoms. The quantitative estimate of drug-likeness (QED) is 0.393. The molecule has 0 spiro atoms. The van der Waals surface area contributed by atoms with Gasteiger partial charge in [0.05, 0.1) is 13.7 Å². The van der Waals surface area contributed by atoms with Gasteiger partial charge in [0.15, 0.2) is 17.2 Å². The van der Waals surface area contributed by atoms with Crippen molar-refractivity contribution in [1.82, 2.24) is 10.3 Å². The molecule has 0 saturated heterocycles. The van der Waals surface area contributed by atoms with Gasteiger partial charge >= 0.3 is 11.9 Å². The molecule has 1 heterocycles. The van der Waals surface area contributed by atoms with Gasteiger partial charge in [-0.05, 0) is 19.8 Å². The summed E-state index contributed by atoms with van der Waals surface area (Å²) in [5, 5.41) is 2.51. The molecule has 10 heteroatoms. The highest BCUT2D eigenvalue weighted by Gasteiger charge is 2.25. The number of aromatic nitrogens is 1. The third-order valence-corrected chi connectivity index (χ3v) is 3.59. The molecule has 1 aromatic rings. The summed E-state index contributed by atoms with van der Waals surface area (Å²) in [5.41, 5.74) is -0.130. The molecular weight excluding hydrogens is 396 g/mol. The highest BCUT2D eigenvalue weighted by atomic mass is 16.7. The predicted octanol–water partition coefficient (Wildman–Crippen LogP) is 1.71. The number of nitrogens with one attached hydrogen (secondary N) is 1. The van der Waals surface area contributed by atoms with Crippen LogP contribution in [0.15, 0.2) is 12.3 Å². The number of carbonyl (C=O) groups excluding carboxylic acids is 3. The first kappa shape index (κ1) is 25.2. The Morgan fingerprint density at radius 3 is 2.43 bits per heavy atom. The molecule has 0 saturated carbocycles. The second-order valence-electron chi connectivity index (χ2n) is 6.96. The summed E-state index contributed by atoms with van der Waals surface area (Å²) in [6.45, 7) is 8.85. The number of ether oxygens (including phenoxy) is 5. The molecule has 0 fully saturated rings. The Bertz CT molecular complexity index is 723. The average Bonchev–Trinajstić information content (AvgIpc) is 2.67. The Kier molecular flexibility index (Phi) is 10.6. The van der Waals surface area contributed by atoms with Crippen LogP contribution in [0.3, 0.4) is 0 Å². The number of nitrogens with zero attached hydrogens (tertiary/aromatic N) is 1. The lowest BCUT2D eigenvalue weighted by molar-refractivity contribution is -0.153. The molecule has 168 valence electrons. The molecule has 0 radical (unpaired) electrons.